The van der Waals surface area contributed by atoms with Gasteiger partial charge in [0.2, 0.25) is 0 Å². The van der Waals surface area contributed by atoms with Gasteiger partial charge in [-0.05, 0) is 167 Å². The number of guanidine groups is 1. The Labute approximate surface area is 413 Å². The van der Waals surface area contributed by atoms with Gasteiger partial charge in [-0.2, -0.15) is 0 Å². The van der Waals surface area contributed by atoms with Crippen molar-refractivity contribution in [3.63, 3.8) is 0 Å². The maximum absolute atomic E-state index is 15.2. The molecule has 2 heterocycles. The number of allylic oxidation sites excluding steroid dienone is 3. The topological polar surface area (TPSA) is 254 Å². The molecule has 8 aliphatic carbocycles. The molecule has 1 spiro atoms. The highest BCUT2D eigenvalue weighted by Crippen LogP contribution is 2.77. The first kappa shape index (κ1) is 49.6. The van der Waals surface area contributed by atoms with E-state index in [1.165, 1.54) is 12.5 Å². The SMILES string of the molecule is CC(=O)CNC1=C2C(C3CCC(CN=C(N)N)C4(C3)C3C(CC#CC(C5COC(=O)C5c5cc[nH]c5)CC5C6CC(C)CCC6=CCC5C(C)CC(O)C3(C)O)CC24O)C2(C)CC(O)C(O)CC2C1=O. The van der Waals surface area contributed by atoms with E-state index in [2.05, 4.69) is 47.1 Å². The number of hydrogen-bond acceptors (Lipinski definition) is 11. The lowest BCUT2D eigenvalue weighted by Gasteiger charge is -2.68. The van der Waals surface area contributed by atoms with E-state index in [0.717, 1.165) is 37.7 Å². The molecular weight excluding hydrogens is 887 g/mol. The zero-order valence-electron chi connectivity index (χ0n) is 41.9. The highest BCUT2D eigenvalue weighted by molar-refractivity contribution is 6.00. The zero-order valence-corrected chi connectivity index (χ0v) is 41.9. The minimum Gasteiger partial charge on any atom is -0.465 e. The Morgan fingerprint density at radius 1 is 0.971 bits per heavy atom. The minimum absolute atomic E-state index is 0.0210. The third-order valence-electron chi connectivity index (χ3n) is 20.9. The number of nitrogens with two attached hydrogens (primary N) is 2. The van der Waals surface area contributed by atoms with Crippen LogP contribution >= 0.6 is 0 Å². The van der Waals surface area contributed by atoms with Crippen LogP contribution in [0.5, 0.6) is 0 Å². The Balaban J connectivity index is 1.16. The summed E-state index contributed by atoms with van der Waals surface area (Å²) >= 11 is 0. The molecule has 11 N–H and O–H groups in total. The first-order valence-corrected chi connectivity index (χ1v) is 26.7. The molecule has 21 unspecified atom stereocenters. The summed E-state index contributed by atoms with van der Waals surface area (Å²) in [6.45, 7) is 10.0. The van der Waals surface area contributed by atoms with Gasteiger partial charge in [0.05, 0.1) is 54.3 Å². The second-order valence-electron chi connectivity index (χ2n) is 24.7. The van der Waals surface area contributed by atoms with Gasteiger partial charge in [0, 0.05) is 54.4 Å². The van der Waals surface area contributed by atoms with Crippen LogP contribution in [0, 0.1) is 99.6 Å². The average Bonchev–Trinajstić information content (AvgIpc) is 4.03. The Hall–Kier alpha value is -4.00. The number of ether oxygens (including phenoxy) is 1. The second kappa shape index (κ2) is 18.2. The first-order valence-electron chi connectivity index (χ1n) is 26.7. The molecule has 0 aromatic carbocycles. The number of nitrogens with one attached hydrogen (secondary N) is 2. The number of H-pyrrole nitrogens is 1. The van der Waals surface area contributed by atoms with E-state index < -0.39 is 75.9 Å². The predicted octanol–water partition coefficient (Wildman–Crippen LogP) is 4.65. The quantitative estimate of drug-likeness (QED) is 0.0596. The van der Waals surface area contributed by atoms with Crippen LogP contribution in [-0.2, 0) is 19.1 Å². The minimum atomic E-state index is -1.79. The van der Waals surface area contributed by atoms with Gasteiger partial charge in [-0.15, -0.1) is 5.92 Å². The third-order valence-corrected chi connectivity index (χ3v) is 20.9. The lowest BCUT2D eigenvalue weighted by Crippen LogP contribution is -2.70. The number of esters is 1. The summed E-state index contributed by atoms with van der Waals surface area (Å²) in [5, 5.41) is 66.9. The lowest BCUT2D eigenvalue weighted by molar-refractivity contribution is -0.227. The summed E-state index contributed by atoms with van der Waals surface area (Å²) in [5.41, 5.74) is 9.67. The monoisotopic (exact) mass is 966 g/mol. The van der Waals surface area contributed by atoms with Crippen molar-refractivity contribution in [2.24, 2.45) is 104 Å². The Kier molecular flexibility index (Phi) is 12.9. The van der Waals surface area contributed by atoms with Gasteiger partial charge < -0.3 is 52.0 Å². The molecule has 10 rings (SSSR count). The van der Waals surface area contributed by atoms with Crippen molar-refractivity contribution in [2.45, 2.75) is 154 Å². The molecule has 5 saturated carbocycles. The van der Waals surface area contributed by atoms with Crippen molar-refractivity contribution in [3.05, 3.63) is 46.9 Å². The average molecular weight is 966 g/mol. The van der Waals surface area contributed by atoms with Crippen LogP contribution in [0.4, 0.5) is 0 Å². The van der Waals surface area contributed by atoms with Gasteiger partial charge in [0.15, 0.2) is 11.7 Å². The molecule has 1 aromatic rings. The molecule has 70 heavy (non-hydrogen) atoms. The number of fused-ring (bicyclic) bond motifs is 10. The molecule has 21 atom stereocenters. The van der Waals surface area contributed by atoms with Gasteiger partial charge in [-0.1, -0.05) is 38.3 Å². The number of aliphatic hydroxyl groups is 5. The zero-order chi connectivity index (χ0) is 49.8. The smallest absolute Gasteiger partial charge is 0.313 e. The number of aliphatic imine (C=N–C) groups is 1. The van der Waals surface area contributed by atoms with Crippen molar-refractivity contribution in [1.82, 2.24) is 10.3 Å². The van der Waals surface area contributed by atoms with Crippen LogP contribution in [0.1, 0.15) is 130 Å². The van der Waals surface area contributed by atoms with Crippen LogP contribution < -0.4 is 16.8 Å². The van der Waals surface area contributed by atoms with E-state index in [9.17, 15) is 35.1 Å². The number of hydrogen-bond donors (Lipinski definition) is 9. The second-order valence-corrected chi connectivity index (χ2v) is 24.7. The molecule has 1 saturated heterocycles. The van der Waals surface area contributed by atoms with Crippen molar-refractivity contribution in [2.75, 3.05) is 19.7 Å². The molecule has 1 aliphatic heterocycles. The predicted molar refractivity (Wildman–Crippen MR) is 263 cm³/mol. The number of ketones is 2. The number of rotatable bonds is 7. The lowest BCUT2D eigenvalue weighted by atomic mass is 9.37. The number of aliphatic hydroxyl groups excluding tert-OH is 3. The third kappa shape index (κ3) is 7.75. The normalized spacial score (nSPS) is 47.6. The Morgan fingerprint density at radius 2 is 1.76 bits per heavy atom. The largest absolute Gasteiger partial charge is 0.465 e. The Morgan fingerprint density at radius 3 is 2.49 bits per heavy atom. The fourth-order valence-electron chi connectivity index (χ4n) is 18.0. The molecule has 14 nitrogen and oxygen atoms in total. The molecule has 9 aliphatic rings. The van der Waals surface area contributed by atoms with Gasteiger partial charge in [-0.25, -0.2) is 0 Å². The fourth-order valence-corrected chi connectivity index (χ4v) is 18.0. The first-order chi connectivity index (χ1) is 33.2. The van der Waals surface area contributed by atoms with Gasteiger partial charge in [0.25, 0.3) is 0 Å². The fraction of sp³-hybridized carbons (Fsp3) is 0.750. The van der Waals surface area contributed by atoms with Crippen LogP contribution in [0.15, 0.2) is 46.4 Å². The molecule has 14 heteroatoms. The van der Waals surface area contributed by atoms with E-state index in [1.807, 2.05) is 25.4 Å². The standard InChI is InChI=1S/C56H79N5O9/c1-28-9-10-31-12-14-37-29(2)18-44(65)54(5,68)50-34(8-6-7-32(19-39(37)38(31)17-28)40-27-70-51(67)45(40)35-15-16-59-25-35)22-56(69)47-46(33-11-13-36(26-61-52(57)58)55(50,56)21-33)53(4)23-43(64)42(63)20-41(53)49(66)48(47)60-24-30(3)62/h12,15-16,25,28-29,32-34,36-46,50,59-60,63-65,68-69H,8-11,13-14,17-24,26-27H2,1-5H3,(H4,57,58,61). The number of cyclic esters (lactones) is 1. The Bertz CT molecular complexity index is 2380. The summed E-state index contributed by atoms with van der Waals surface area (Å²) in [5.74, 6) is 4.15. The van der Waals surface area contributed by atoms with Gasteiger partial charge in [0.1, 0.15) is 5.78 Å². The van der Waals surface area contributed by atoms with E-state index in [1.54, 1.807) is 6.92 Å². The molecule has 1 aromatic heterocycles. The van der Waals surface area contributed by atoms with Crippen molar-refractivity contribution in [1.29, 1.82) is 0 Å². The highest BCUT2D eigenvalue weighted by Gasteiger charge is 2.78. The summed E-state index contributed by atoms with van der Waals surface area (Å²) in [7, 11) is 0. The van der Waals surface area contributed by atoms with Gasteiger partial charge in [-0.3, -0.25) is 19.4 Å². The van der Waals surface area contributed by atoms with Crippen LogP contribution in [0.25, 0.3) is 0 Å². The van der Waals surface area contributed by atoms with E-state index in [0.29, 0.717) is 43.1 Å². The van der Waals surface area contributed by atoms with Crippen LogP contribution in [-0.4, -0.2) is 103 Å². The summed E-state index contributed by atoms with van der Waals surface area (Å²) in [4.78, 5) is 49.5. The number of aromatic nitrogens is 1. The maximum Gasteiger partial charge on any atom is 0.313 e. The van der Waals surface area contributed by atoms with Gasteiger partial charge >= 0.3 is 5.97 Å². The van der Waals surface area contributed by atoms with Crippen LogP contribution in [0.2, 0.25) is 0 Å². The number of Topliss-reactive ketones (excluding diaryl/α,β-unsaturated/α-hetero) is 2. The summed E-state index contributed by atoms with van der Waals surface area (Å²) < 4.78 is 5.93. The van der Waals surface area contributed by atoms with E-state index in [-0.39, 0.29) is 110 Å². The number of carbonyl (C=O) groups is 3. The van der Waals surface area contributed by atoms with E-state index >= 15 is 4.79 Å². The van der Waals surface area contributed by atoms with Crippen molar-refractivity contribution in [3.8, 4) is 11.8 Å². The van der Waals surface area contributed by atoms with Crippen molar-refractivity contribution < 1.29 is 44.7 Å². The summed E-state index contributed by atoms with van der Waals surface area (Å²) in [6.07, 6.45) is 10.3. The molecule has 0 radical (unpaired) electrons. The molecule has 2 bridgehead atoms. The molecule has 0 amide bonds. The van der Waals surface area contributed by atoms with Crippen molar-refractivity contribution >= 4 is 23.5 Å². The molecule has 6 fully saturated rings. The number of carbonyl (C=O) groups excluding carboxylic acids is 3. The maximum atomic E-state index is 15.2. The van der Waals surface area contributed by atoms with E-state index in [4.69, 9.17) is 16.2 Å². The molecule has 382 valence electrons. The molecular formula is C56H79N5O9. The van der Waals surface area contributed by atoms with Crippen LogP contribution in [0.3, 0.4) is 0 Å². The highest BCUT2D eigenvalue weighted by atomic mass is 16.5. The number of aromatic amines is 1. The number of nitrogens with zero attached hydrogens (tertiary/aromatic N) is 1. The summed E-state index contributed by atoms with van der Waals surface area (Å²) in [6, 6.07) is 1.95.